The van der Waals surface area contributed by atoms with Crippen molar-refractivity contribution in [2.75, 3.05) is 31.1 Å². The third-order valence-corrected chi connectivity index (χ3v) is 5.00. The average Bonchev–Trinajstić information content (AvgIpc) is 2.40. The van der Waals surface area contributed by atoms with Crippen LogP contribution in [-0.2, 0) is 14.6 Å². The van der Waals surface area contributed by atoms with Crippen molar-refractivity contribution in [2.24, 2.45) is 5.73 Å². The van der Waals surface area contributed by atoms with E-state index in [-0.39, 0.29) is 55.4 Å². The van der Waals surface area contributed by atoms with Gasteiger partial charge in [0.25, 0.3) is 0 Å². The number of hydrogen-bond acceptors (Lipinski definition) is 4. The quantitative estimate of drug-likeness (QED) is 0.875. The second-order valence-corrected chi connectivity index (χ2v) is 6.98. The molecule has 1 atom stereocenters. The van der Waals surface area contributed by atoms with Crippen molar-refractivity contribution in [3.05, 3.63) is 35.9 Å². The second-order valence-electron chi connectivity index (χ2n) is 4.68. The molecule has 20 heavy (non-hydrogen) atoms. The second kappa shape index (κ2) is 7.06. The summed E-state index contributed by atoms with van der Waals surface area (Å²) in [5.74, 6) is -0.374. The lowest BCUT2D eigenvalue weighted by molar-refractivity contribution is -0.132. The fraction of sp³-hybridized carbons (Fsp3) is 0.462. The van der Waals surface area contributed by atoms with Gasteiger partial charge < -0.3 is 10.6 Å². The van der Waals surface area contributed by atoms with E-state index in [1.807, 2.05) is 30.3 Å². The molecule has 1 saturated heterocycles. The van der Waals surface area contributed by atoms with Crippen molar-refractivity contribution in [3.63, 3.8) is 0 Å². The predicted molar refractivity (Wildman–Crippen MR) is 80.7 cm³/mol. The summed E-state index contributed by atoms with van der Waals surface area (Å²) >= 11 is 0. The van der Waals surface area contributed by atoms with Crippen molar-refractivity contribution in [3.8, 4) is 0 Å². The Bertz CT molecular complexity index is 534. The van der Waals surface area contributed by atoms with Crippen LogP contribution in [0.15, 0.2) is 30.3 Å². The summed E-state index contributed by atoms with van der Waals surface area (Å²) in [6, 6.07) is 9.36. The van der Waals surface area contributed by atoms with Gasteiger partial charge in [-0.1, -0.05) is 30.3 Å². The van der Waals surface area contributed by atoms with Crippen LogP contribution in [0.3, 0.4) is 0 Å². The van der Waals surface area contributed by atoms with Crippen LogP contribution >= 0.6 is 12.4 Å². The third kappa shape index (κ3) is 3.94. The smallest absolute Gasteiger partial charge is 0.231 e. The Kier molecular flexibility index (Phi) is 5.98. The van der Waals surface area contributed by atoms with Crippen LogP contribution in [0.25, 0.3) is 0 Å². The average molecular weight is 319 g/mol. The molecule has 0 radical (unpaired) electrons. The predicted octanol–water partition coefficient (Wildman–Crippen LogP) is 0.408. The molecule has 1 fully saturated rings. The van der Waals surface area contributed by atoms with E-state index < -0.39 is 9.84 Å². The third-order valence-electron chi connectivity index (χ3n) is 3.39. The number of carbonyl (C=O) groups excluding carboxylic acids is 1. The first-order valence-electron chi connectivity index (χ1n) is 6.28. The Morgan fingerprint density at radius 1 is 1.20 bits per heavy atom. The highest BCUT2D eigenvalue weighted by molar-refractivity contribution is 7.91. The van der Waals surface area contributed by atoms with Gasteiger partial charge in [-0.15, -0.1) is 12.4 Å². The van der Waals surface area contributed by atoms with Crippen molar-refractivity contribution in [2.45, 2.75) is 5.92 Å². The first-order chi connectivity index (χ1) is 9.03. The summed E-state index contributed by atoms with van der Waals surface area (Å²) in [6.45, 7) is 0.765. The number of halogens is 1. The molecule has 1 heterocycles. The highest BCUT2D eigenvalue weighted by Gasteiger charge is 2.29. The number of amides is 1. The number of rotatable bonds is 3. The monoisotopic (exact) mass is 318 g/mol. The van der Waals surface area contributed by atoms with E-state index in [9.17, 15) is 13.2 Å². The molecule has 5 nitrogen and oxygen atoms in total. The molecule has 0 aromatic heterocycles. The van der Waals surface area contributed by atoms with E-state index in [0.29, 0.717) is 0 Å². The van der Waals surface area contributed by atoms with Crippen LogP contribution in [0.2, 0.25) is 0 Å². The molecular formula is C13H19ClN2O3S. The molecule has 0 bridgehead atoms. The van der Waals surface area contributed by atoms with Gasteiger partial charge in [0.1, 0.15) is 0 Å². The molecule has 7 heteroatoms. The Hall–Kier alpha value is -1.11. The lowest BCUT2D eigenvalue weighted by Crippen LogP contribution is -2.46. The highest BCUT2D eigenvalue weighted by atomic mass is 35.5. The molecule has 1 aliphatic heterocycles. The van der Waals surface area contributed by atoms with Crippen LogP contribution in [0.1, 0.15) is 11.5 Å². The fourth-order valence-corrected chi connectivity index (χ4v) is 3.42. The molecule has 0 saturated carbocycles. The summed E-state index contributed by atoms with van der Waals surface area (Å²) in [5, 5.41) is 0. The topological polar surface area (TPSA) is 80.5 Å². The molecule has 2 rings (SSSR count). The Morgan fingerprint density at radius 2 is 1.75 bits per heavy atom. The van der Waals surface area contributed by atoms with Crippen LogP contribution < -0.4 is 5.73 Å². The molecule has 0 aliphatic carbocycles. The SMILES string of the molecule is Cl.NCC(C(=O)N1CCS(=O)(=O)CC1)c1ccccc1. The van der Waals surface area contributed by atoms with Gasteiger partial charge in [-0.2, -0.15) is 0 Å². The zero-order valence-electron chi connectivity index (χ0n) is 11.1. The van der Waals surface area contributed by atoms with E-state index >= 15 is 0 Å². The van der Waals surface area contributed by atoms with Crippen molar-refractivity contribution < 1.29 is 13.2 Å². The molecule has 1 unspecified atom stereocenters. The van der Waals surface area contributed by atoms with Crippen molar-refractivity contribution in [1.29, 1.82) is 0 Å². The normalized spacial score (nSPS) is 18.9. The van der Waals surface area contributed by atoms with Crippen molar-refractivity contribution >= 4 is 28.2 Å². The number of carbonyl (C=O) groups is 1. The lowest BCUT2D eigenvalue weighted by atomic mass is 9.98. The van der Waals surface area contributed by atoms with Gasteiger partial charge in [0, 0.05) is 19.6 Å². The fourth-order valence-electron chi connectivity index (χ4n) is 2.22. The van der Waals surface area contributed by atoms with Gasteiger partial charge in [-0.25, -0.2) is 8.42 Å². The van der Waals surface area contributed by atoms with E-state index in [2.05, 4.69) is 0 Å². The maximum atomic E-state index is 12.4. The maximum absolute atomic E-state index is 12.4. The Labute approximate surface area is 125 Å². The minimum atomic E-state index is -2.97. The number of benzene rings is 1. The van der Waals surface area contributed by atoms with E-state index in [4.69, 9.17) is 5.73 Å². The molecule has 1 aliphatic rings. The number of nitrogens with zero attached hydrogens (tertiary/aromatic N) is 1. The molecule has 0 spiro atoms. The lowest BCUT2D eigenvalue weighted by Gasteiger charge is -2.30. The number of nitrogens with two attached hydrogens (primary N) is 1. The maximum Gasteiger partial charge on any atom is 0.231 e. The first kappa shape index (κ1) is 16.9. The number of sulfone groups is 1. The van der Waals surface area contributed by atoms with Gasteiger partial charge in [-0.05, 0) is 5.56 Å². The zero-order valence-corrected chi connectivity index (χ0v) is 12.7. The summed E-state index contributed by atoms with van der Waals surface area (Å²) in [5.41, 5.74) is 6.58. The molecule has 112 valence electrons. The zero-order chi connectivity index (χ0) is 13.9. The number of hydrogen-bond donors (Lipinski definition) is 1. The summed E-state index contributed by atoms with van der Waals surface area (Å²) in [6.07, 6.45) is 0. The van der Waals surface area contributed by atoms with Crippen LogP contribution in [0.5, 0.6) is 0 Å². The standard InChI is InChI=1S/C13H18N2O3S.ClH/c14-10-12(11-4-2-1-3-5-11)13(16)15-6-8-19(17,18)9-7-15;/h1-5,12H,6-10,14H2;1H. The molecule has 1 aromatic carbocycles. The largest absolute Gasteiger partial charge is 0.340 e. The van der Waals surface area contributed by atoms with Crippen LogP contribution in [0, 0.1) is 0 Å². The summed E-state index contributed by atoms with van der Waals surface area (Å²) in [4.78, 5) is 14.0. The van der Waals surface area contributed by atoms with Gasteiger partial charge in [0.05, 0.1) is 17.4 Å². The van der Waals surface area contributed by atoms with Crippen molar-refractivity contribution in [1.82, 2.24) is 4.90 Å². The van der Waals surface area contributed by atoms with E-state index in [0.717, 1.165) is 5.56 Å². The Balaban J connectivity index is 0.00000200. The molecule has 1 aromatic rings. The minimum absolute atomic E-state index is 0. The molecule has 1 amide bonds. The molecule has 2 N–H and O–H groups in total. The minimum Gasteiger partial charge on any atom is -0.340 e. The highest BCUT2D eigenvalue weighted by Crippen LogP contribution is 2.18. The first-order valence-corrected chi connectivity index (χ1v) is 8.10. The van der Waals surface area contributed by atoms with Gasteiger partial charge in [-0.3, -0.25) is 4.79 Å². The van der Waals surface area contributed by atoms with E-state index in [1.165, 1.54) is 0 Å². The van der Waals surface area contributed by atoms with Crippen LogP contribution in [-0.4, -0.2) is 50.4 Å². The Morgan fingerprint density at radius 3 is 2.25 bits per heavy atom. The molecular weight excluding hydrogens is 300 g/mol. The summed E-state index contributed by atoms with van der Waals surface area (Å²) in [7, 11) is -2.97. The summed E-state index contributed by atoms with van der Waals surface area (Å²) < 4.78 is 22.7. The van der Waals surface area contributed by atoms with Gasteiger partial charge >= 0.3 is 0 Å². The van der Waals surface area contributed by atoms with E-state index in [1.54, 1.807) is 4.90 Å². The van der Waals surface area contributed by atoms with Gasteiger partial charge in [0.15, 0.2) is 9.84 Å². The van der Waals surface area contributed by atoms with Crippen LogP contribution in [0.4, 0.5) is 0 Å². The van der Waals surface area contributed by atoms with Gasteiger partial charge in [0.2, 0.25) is 5.91 Å².